The summed E-state index contributed by atoms with van der Waals surface area (Å²) in [7, 11) is 2.55. The Hall–Kier alpha value is -2.50. The molecule has 0 amide bonds. The van der Waals surface area contributed by atoms with Crippen LogP contribution in [0.3, 0.4) is 0 Å². The number of nitrogens with zero attached hydrogens (tertiary/aromatic N) is 2. The summed E-state index contributed by atoms with van der Waals surface area (Å²) in [6.07, 6.45) is 2.09. The van der Waals surface area contributed by atoms with Crippen molar-refractivity contribution in [2.75, 3.05) is 32.2 Å². The van der Waals surface area contributed by atoms with Crippen LogP contribution in [0.2, 0.25) is 0 Å². The van der Waals surface area contributed by atoms with Gasteiger partial charge in [-0.2, -0.15) is 0 Å². The molecule has 3 rings (SSSR count). The molecule has 0 saturated carbocycles. The highest BCUT2D eigenvalue weighted by atomic mass is 16.5. The van der Waals surface area contributed by atoms with E-state index in [9.17, 15) is 9.59 Å². The van der Waals surface area contributed by atoms with E-state index in [-0.39, 0.29) is 5.57 Å². The van der Waals surface area contributed by atoms with Crippen molar-refractivity contribution in [1.82, 2.24) is 4.90 Å². The molecule has 2 saturated heterocycles. The first-order chi connectivity index (χ1) is 11.2. The van der Waals surface area contributed by atoms with E-state index < -0.39 is 11.9 Å². The van der Waals surface area contributed by atoms with Gasteiger partial charge in [0.1, 0.15) is 5.82 Å². The van der Waals surface area contributed by atoms with Gasteiger partial charge in [0.15, 0.2) is 5.57 Å². The van der Waals surface area contributed by atoms with Gasteiger partial charge in [-0.1, -0.05) is 18.2 Å². The van der Waals surface area contributed by atoms with Crippen LogP contribution in [0.5, 0.6) is 0 Å². The molecule has 2 aliphatic heterocycles. The Balaban J connectivity index is 2.14. The van der Waals surface area contributed by atoms with E-state index in [2.05, 4.69) is 4.90 Å². The molecule has 23 heavy (non-hydrogen) atoms. The number of carbonyl (C=O) groups is 2. The second-order valence-corrected chi connectivity index (χ2v) is 5.62. The second kappa shape index (κ2) is 6.32. The summed E-state index contributed by atoms with van der Waals surface area (Å²) in [6.45, 7) is 1.57. The molecular formula is C17H20N2O4. The maximum absolute atomic E-state index is 12.2. The number of para-hydroxylation sites is 1. The summed E-state index contributed by atoms with van der Waals surface area (Å²) in [4.78, 5) is 28.6. The number of ether oxygens (including phenoxy) is 2. The Kier molecular flexibility index (Phi) is 4.23. The molecule has 1 aromatic carbocycles. The van der Waals surface area contributed by atoms with Crippen LogP contribution in [-0.2, 0) is 19.1 Å². The first kappa shape index (κ1) is 15.4. The first-order valence-electron chi connectivity index (χ1n) is 7.67. The Morgan fingerprint density at radius 1 is 1.09 bits per heavy atom. The number of esters is 2. The minimum Gasteiger partial charge on any atom is -0.465 e. The van der Waals surface area contributed by atoms with E-state index in [1.807, 2.05) is 35.2 Å². The Labute approximate surface area is 135 Å². The average Bonchev–Trinajstić information content (AvgIpc) is 3.17. The summed E-state index contributed by atoms with van der Waals surface area (Å²) in [5, 5.41) is 0. The molecule has 0 N–H and O–H groups in total. The van der Waals surface area contributed by atoms with Crippen LogP contribution in [0.25, 0.3) is 0 Å². The van der Waals surface area contributed by atoms with Gasteiger partial charge in [-0.15, -0.1) is 0 Å². The molecule has 1 aromatic rings. The molecule has 0 aliphatic carbocycles. The number of anilines is 1. The van der Waals surface area contributed by atoms with Crippen molar-refractivity contribution in [2.24, 2.45) is 0 Å². The van der Waals surface area contributed by atoms with Crippen LogP contribution in [0.1, 0.15) is 12.8 Å². The van der Waals surface area contributed by atoms with E-state index in [1.54, 1.807) is 0 Å². The molecule has 0 aromatic heterocycles. The van der Waals surface area contributed by atoms with E-state index in [0.29, 0.717) is 11.9 Å². The number of fused-ring (bicyclic) bond motifs is 1. The monoisotopic (exact) mass is 316 g/mol. The summed E-state index contributed by atoms with van der Waals surface area (Å²) < 4.78 is 9.66. The van der Waals surface area contributed by atoms with Crippen LogP contribution in [0.15, 0.2) is 41.7 Å². The van der Waals surface area contributed by atoms with Crippen molar-refractivity contribution < 1.29 is 19.1 Å². The van der Waals surface area contributed by atoms with Gasteiger partial charge in [-0.25, -0.2) is 9.59 Å². The minimum absolute atomic E-state index is 0.0387. The van der Waals surface area contributed by atoms with Gasteiger partial charge >= 0.3 is 11.9 Å². The Bertz CT molecular complexity index is 623. The van der Waals surface area contributed by atoms with Crippen molar-refractivity contribution >= 4 is 17.6 Å². The van der Waals surface area contributed by atoms with Crippen molar-refractivity contribution in [3.8, 4) is 0 Å². The highest BCUT2D eigenvalue weighted by Gasteiger charge is 2.43. The predicted molar refractivity (Wildman–Crippen MR) is 84.6 cm³/mol. The quantitative estimate of drug-likeness (QED) is 0.365. The van der Waals surface area contributed by atoms with Gasteiger partial charge in [0.2, 0.25) is 0 Å². The summed E-state index contributed by atoms with van der Waals surface area (Å²) in [6, 6.07) is 10.0. The van der Waals surface area contributed by atoms with Crippen molar-refractivity contribution in [1.29, 1.82) is 0 Å². The van der Waals surface area contributed by atoms with Gasteiger partial charge < -0.3 is 19.3 Å². The zero-order chi connectivity index (χ0) is 16.4. The highest BCUT2D eigenvalue weighted by Crippen LogP contribution is 2.37. The van der Waals surface area contributed by atoms with Crippen LogP contribution in [0, 0.1) is 0 Å². The number of methoxy groups -OCH3 is 2. The van der Waals surface area contributed by atoms with Gasteiger partial charge in [-0.3, -0.25) is 0 Å². The van der Waals surface area contributed by atoms with Crippen LogP contribution in [-0.4, -0.2) is 50.2 Å². The van der Waals surface area contributed by atoms with Gasteiger partial charge in [0, 0.05) is 24.8 Å². The fourth-order valence-electron chi connectivity index (χ4n) is 3.34. The normalized spacial score (nSPS) is 19.6. The van der Waals surface area contributed by atoms with Crippen molar-refractivity contribution in [2.45, 2.75) is 18.9 Å². The third-order valence-electron chi connectivity index (χ3n) is 4.37. The molecule has 0 bridgehead atoms. The number of hydrogen-bond donors (Lipinski definition) is 0. The lowest BCUT2D eigenvalue weighted by molar-refractivity contribution is -0.144. The molecule has 122 valence electrons. The maximum Gasteiger partial charge on any atom is 0.349 e. The fraction of sp³-hybridized carbons (Fsp3) is 0.412. The van der Waals surface area contributed by atoms with Gasteiger partial charge in [0.05, 0.1) is 14.2 Å². The van der Waals surface area contributed by atoms with Crippen molar-refractivity contribution in [3.05, 3.63) is 41.7 Å². The summed E-state index contributed by atoms with van der Waals surface area (Å²) in [5.74, 6) is -0.738. The third kappa shape index (κ3) is 2.65. The number of carbonyl (C=O) groups excluding carboxylic acids is 2. The highest BCUT2D eigenvalue weighted by molar-refractivity contribution is 6.15. The van der Waals surface area contributed by atoms with Crippen LogP contribution in [0.4, 0.5) is 5.69 Å². The summed E-state index contributed by atoms with van der Waals surface area (Å²) >= 11 is 0. The standard InChI is InChI=1S/C17H20N2O4/c1-22-16(20)14(17(21)23-2)15-18-10-6-9-13(18)11-19(15)12-7-4-3-5-8-12/h3-5,7-8,13H,6,9-11H2,1-2H3/t13-/m0/s1. The summed E-state index contributed by atoms with van der Waals surface area (Å²) in [5.41, 5.74) is 0.908. The second-order valence-electron chi connectivity index (χ2n) is 5.62. The van der Waals surface area contributed by atoms with Crippen LogP contribution >= 0.6 is 0 Å². The number of benzene rings is 1. The molecule has 6 heteroatoms. The number of hydrogen-bond acceptors (Lipinski definition) is 6. The van der Waals surface area contributed by atoms with Gasteiger partial charge in [-0.05, 0) is 25.0 Å². The molecule has 2 heterocycles. The zero-order valence-corrected chi connectivity index (χ0v) is 13.3. The van der Waals surface area contributed by atoms with Crippen LogP contribution < -0.4 is 4.90 Å². The lowest BCUT2D eigenvalue weighted by Gasteiger charge is -2.25. The lowest BCUT2D eigenvalue weighted by Crippen LogP contribution is -2.31. The van der Waals surface area contributed by atoms with E-state index in [1.165, 1.54) is 14.2 Å². The number of rotatable bonds is 3. The molecule has 0 spiro atoms. The molecule has 2 aliphatic rings. The fourth-order valence-corrected chi connectivity index (χ4v) is 3.34. The minimum atomic E-state index is -0.666. The van der Waals surface area contributed by atoms with E-state index >= 15 is 0 Å². The lowest BCUT2D eigenvalue weighted by atomic mass is 10.2. The van der Waals surface area contributed by atoms with E-state index in [4.69, 9.17) is 9.47 Å². The van der Waals surface area contributed by atoms with Crippen molar-refractivity contribution in [3.63, 3.8) is 0 Å². The molecule has 1 atom stereocenters. The molecule has 6 nitrogen and oxygen atoms in total. The third-order valence-corrected chi connectivity index (χ3v) is 4.37. The zero-order valence-electron chi connectivity index (χ0n) is 13.3. The largest absolute Gasteiger partial charge is 0.465 e. The molecule has 0 unspecified atom stereocenters. The first-order valence-corrected chi connectivity index (χ1v) is 7.67. The average molecular weight is 316 g/mol. The Morgan fingerprint density at radius 2 is 1.74 bits per heavy atom. The Morgan fingerprint density at radius 3 is 2.35 bits per heavy atom. The topological polar surface area (TPSA) is 59.1 Å². The smallest absolute Gasteiger partial charge is 0.349 e. The predicted octanol–water partition coefficient (Wildman–Crippen LogP) is 1.53. The SMILES string of the molecule is COC(=O)C(C(=O)OC)=C1N(c2ccccc2)C[C@@H]2CCCN12. The van der Waals surface area contributed by atoms with E-state index in [0.717, 1.165) is 31.6 Å². The maximum atomic E-state index is 12.2. The van der Waals surface area contributed by atoms with Gasteiger partial charge in [0.25, 0.3) is 0 Å². The molecule has 0 radical (unpaired) electrons. The molecular weight excluding hydrogens is 296 g/mol. The molecule has 2 fully saturated rings.